The number of phenolic OH excluding ortho intramolecular Hbond substituents is 1. The molecule has 0 unspecified atom stereocenters. The lowest BCUT2D eigenvalue weighted by molar-refractivity contribution is 0.102. The van der Waals surface area contributed by atoms with E-state index in [0.29, 0.717) is 11.8 Å². The van der Waals surface area contributed by atoms with Crippen LogP contribution in [0.15, 0.2) is 28.7 Å². The molecule has 110 valence electrons. The minimum absolute atomic E-state index is 0.351. The molecule has 0 aromatic heterocycles. The largest absolute Gasteiger partial charge is 0.503 e. The molecule has 0 radical (unpaired) electrons. The van der Waals surface area contributed by atoms with Gasteiger partial charge in [0.05, 0.1) is 5.56 Å². The molecule has 2 rings (SSSR count). The summed E-state index contributed by atoms with van der Waals surface area (Å²) in [6.07, 6.45) is 0. The monoisotopic (exact) mass is 359 g/mol. The van der Waals surface area contributed by atoms with Crippen LogP contribution >= 0.6 is 15.9 Å². The molecule has 2 aromatic rings. The number of phenols is 1. The molecular weight excluding hydrogens is 351 g/mol. The van der Waals surface area contributed by atoms with E-state index in [2.05, 4.69) is 21.2 Å². The summed E-state index contributed by atoms with van der Waals surface area (Å²) >= 11 is 3.28. The highest BCUT2D eigenvalue weighted by atomic mass is 79.9. The van der Waals surface area contributed by atoms with E-state index in [1.54, 1.807) is 25.1 Å². The molecule has 21 heavy (non-hydrogen) atoms. The predicted molar refractivity (Wildman–Crippen MR) is 74.8 cm³/mol. The van der Waals surface area contributed by atoms with Crippen LogP contribution in [0.4, 0.5) is 18.9 Å². The molecule has 7 heteroatoms. The van der Waals surface area contributed by atoms with E-state index >= 15 is 0 Å². The van der Waals surface area contributed by atoms with Crippen LogP contribution in [0, 0.1) is 24.4 Å². The van der Waals surface area contributed by atoms with Gasteiger partial charge in [0.15, 0.2) is 17.4 Å². The molecule has 0 spiro atoms. The predicted octanol–water partition coefficient (Wildman–Crippen LogP) is 4.13. The van der Waals surface area contributed by atoms with Gasteiger partial charge < -0.3 is 10.4 Å². The summed E-state index contributed by atoms with van der Waals surface area (Å²) in [4.78, 5) is 11.9. The zero-order chi connectivity index (χ0) is 15.7. The van der Waals surface area contributed by atoms with Crippen LogP contribution in [0.2, 0.25) is 0 Å². The average molecular weight is 360 g/mol. The third kappa shape index (κ3) is 3.02. The third-order valence-corrected chi connectivity index (χ3v) is 3.68. The van der Waals surface area contributed by atoms with Gasteiger partial charge in [0.1, 0.15) is 0 Å². The maximum atomic E-state index is 13.6. The summed E-state index contributed by atoms with van der Waals surface area (Å²) in [6.45, 7) is 1.78. The highest BCUT2D eigenvalue weighted by molar-refractivity contribution is 9.10. The van der Waals surface area contributed by atoms with E-state index in [0.717, 1.165) is 10.0 Å². The minimum atomic E-state index is -1.73. The number of anilines is 1. The fraction of sp³-hybridized carbons (Fsp3) is 0.0714. The Labute approximate surface area is 126 Å². The summed E-state index contributed by atoms with van der Waals surface area (Å²) in [6, 6.07) is 5.22. The quantitative estimate of drug-likeness (QED) is 0.792. The molecule has 0 aliphatic rings. The Bertz CT molecular complexity index is 735. The summed E-state index contributed by atoms with van der Waals surface area (Å²) in [5, 5.41) is 11.4. The van der Waals surface area contributed by atoms with Crippen molar-refractivity contribution in [2.45, 2.75) is 6.92 Å². The zero-order valence-corrected chi connectivity index (χ0v) is 12.3. The van der Waals surface area contributed by atoms with Crippen molar-refractivity contribution in [3.63, 3.8) is 0 Å². The minimum Gasteiger partial charge on any atom is -0.503 e. The lowest BCUT2D eigenvalue weighted by Gasteiger charge is -2.09. The van der Waals surface area contributed by atoms with Gasteiger partial charge in [-0.3, -0.25) is 4.79 Å². The Hall–Kier alpha value is -2.02. The first-order valence-corrected chi connectivity index (χ1v) is 6.54. The molecule has 0 bridgehead atoms. The molecule has 3 nitrogen and oxygen atoms in total. The molecule has 0 saturated heterocycles. The Morgan fingerprint density at radius 1 is 1.19 bits per heavy atom. The number of nitrogens with one attached hydrogen (secondary N) is 1. The number of hydrogen-bond donors (Lipinski definition) is 2. The molecule has 0 aliphatic heterocycles. The Morgan fingerprint density at radius 2 is 1.86 bits per heavy atom. The number of carbonyl (C=O) groups excluding carboxylic acids is 1. The number of benzene rings is 2. The van der Waals surface area contributed by atoms with E-state index in [9.17, 15) is 18.0 Å². The zero-order valence-electron chi connectivity index (χ0n) is 10.7. The van der Waals surface area contributed by atoms with Gasteiger partial charge in [0.25, 0.3) is 5.91 Å². The van der Waals surface area contributed by atoms with Gasteiger partial charge in [-0.1, -0.05) is 15.9 Å². The number of aryl methyl sites for hydroxylation is 1. The summed E-state index contributed by atoms with van der Waals surface area (Å²) < 4.78 is 40.5. The smallest absolute Gasteiger partial charge is 0.258 e. The van der Waals surface area contributed by atoms with E-state index in [-0.39, 0.29) is 0 Å². The van der Waals surface area contributed by atoms with E-state index < -0.39 is 34.7 Å². The molecule has 0 heterocycles. The van der Waals surface area contributed by atoms with Crippen LogP contribution in [0.3, 0.4) is 0 Å². The molecule has 2 N–H and O–H groups in total. The molecule has 0 atom stereocenters. The van der Waals surface area contributed by atoms with Crippen molar-refractivity contribution in [3.8, 4) is 5.75 Å². The van der Waals surface area contributed by atoms with Gasteiger partial charge in [-0.25, -0.2) is 8.78 Å². The summed E-state index contributed by atoms with van der Waals surface area (Å²) in [5.74, 6) is -7.27. The maximum absolute atomic E-state index is 13.6. The first-order valence-electron chi connectivity index (χ1n) is 5.75. The molecule has 2 aromatic carbocycles. The Morgan fingerprint density at radius 3 is 2.48 bits per heavy atom. The second-order valence-electron chi connectivity index (χ2n) is 4.30. The third-order valence-electron chi connectivity index (χ3n) is 2.79. The standard InChI is InChI=1S/C14H9BrF3NO2/c1-6-4-7(2-3-9(6)15)19-14(21)8-5-10(16)12(18)13(20)11(8)17/h2-5,20H,1H3,(H,19,21). The van der Waals surface area contributed by atoms with E-state index in [4.69, 9.17) is 5.11 Å². The van der Waals surface area contributed by atoms with Crippen LogP contribution < -0.4 is 5.32 Å². The van der Waals surface area contributed by atoms with Crippen molar-refractivity contribution >= 4 is 27.5 Å². The lowest BCUT2D eigenvalue weighted by Crippen LogP contribution is -2.15. The Kier molecular flexibility index (Phi) is 4.22. The van der Waals surface area contributed by atoms with E-state index in [1.807, 2.05) is 0 Å². The maximum Gasteiger partial charge on any atom is 0.258 e. The fourth-order valence-corrected chi connectivity index (χ4v) is 1.92. The van der Waals surface area contributed by atoms with Crippen LogP contribution in [-0.2, 0) is 0 Å². The molecular formula is C14H9BrF3NO2. The van der Waals surface area contributed by atoms with Gasteiger partial charge in [-0.2, -0.15) is 4.39 Å². The SMILES string of the molecule is Cc1cc(NC(=O)c2cc(F)c(F)c(O)c2F)ccc1Br. The van der Waals surface area contributed by atoms with Gasteiger partial charge in [-0.15, -0.1) is 0 Å². The summed E-state index contributed by atoms with van der Waals surface area (Å²) in [7, 11) is 0. The van der Waals surface area contributed by atoms with Gasteiger partial charge in [0.2, 0.25) is 5.82 Å². The average Bonchev–Trinajstić information content (AvgIpc) is 2.44. The summed E-state index contributed by atoms with van der Waals surface area (Å²) in [5.41, 5.74) is 0.387. The van der Waals surface area contributed by atoms with Crippen molar-refractivity contribution in [3.05, 3.63) is 57.3 Å². The first kappa shape index (κ1) is 15.4. The van der Waals surface area contributed by atoms with Crippen molar-refractivity contribution in [2.75, 3.05) is 5.32 Å². The number of hydrogen-bond acceptors (Lipinski definition) is 2. The number of aromatic hydroxyl groups is 1. The van der Waals surface area contributed by atoms with Crippen molar-refractivity contribution in [2.24, 2.45) is 0 Å². The van der Waals surface area contributed by atoms with Crippen molar-refractivity contribution < 1.29 is 23.1 Å². The van der Waals surface area contributed by atoms with Gasteiger partial charge in [0, 0.05) is 10.2 Å². The molecule has 0 saturated carbocycles. The number of amides is 1. The van der Waals surface area contributed by atoms with Gasteiger partial charge in [-0.05, 0) is 36.8 Å². The van der Waals surface area contributed by atoms with Gasteiger partial charge >= 0.3 is 0 Å². The molecule has 0 fully saturated rings. The fourth-order valence-electron chi connectivity index (χ4n) is 1.68. The van der Waals surface area contributed by atoms with Crippen LogP contribution in [0.5, 0.6) is 5.75 Å². The highest BCUT2D eigenvalue weighted by Crippen LogP contribution is 2.27. The first-order chi connectivity index (χ1) is 9.81. The topological polar surface area (TPSA) is 49.3 Å². The second-order valence-corrected chi connectivity index (χ2v) is 5.15. The van der Waals surface area contributed by atoms with Crippen LogP contribution in [0.25, 0.3) is 0 Å². The number of carbonyl (C=O) groups is 1. The Balaban J connectivity index is 2.35. The van der Waals surface area contributed by atoms with E-state index in [1.165, 1.54) is 0 Å². The number of rotatable bonds is 2. The van der Waals surface area contributed by atoms with Crippen molar-refractivity contribution in [1.29, 1.82) is 0 Å². The van der Waals surface area contributed by atoms with Crippen molar-refractivity contribution in [1.82, 2.24) is 0 Å². The van der Waals surface area contributed by atoms with Crippen LogP contribution in [-0.4, -0.2) is 11.0 Å². The lowest BCUT2D eigenvalue weighted by atomic mass is 10.1. The van der Waals surface area contributed by atoms with Crippen LogP contribution in [0.1, 0.15) is 15.9 Å². The molecule has 0 aliphatic carbocycles. The normalized spacial score (nSPS) is 10.5. The second kappa shape index (κ2) is 5.77. The molecule has 1 amide bonds. The highest BCUT2D eigenvalue weighted by Gasteiger charge is 2.22. The number of halogens is 4.